The van der Waals surface area contributed by atoms with Gasteiger partial charge in [0.15, 0.2) is 5.91 Å². The first kappa shape index (κ1) is 16.5. The first-order valence-corrected chi connectivity index (χ1v) is 7.96. The van der Waals surface area contributed by atoms with Crippen LogP contribution >= 0.6 is 0 Å². The minimum atomic E-state index is -0.0444. The van der Waals surface area contributed by atoms with Crippen molar-refractivity contribution in [1.82, 2.24) is 9.88 Å². The van der Waals surface area contributed by atoms with Gasteiger partial charge in [0.25, 0.3) is 0 Å². The van der Waals surface area contributed by atoms with E-state index in [0.29, 0.717) is 12.1 Å². The molecule has 3 aromatic carbocycles. The van der Waals surface area contributed by atoms with E-state index in [0.717, 1.165) is 33.1 Å². The molecule has 0 saturated heterocycles. The average molecular weight is 399 g/mol. The molecule has 1 aliphatic heterocycles. The van der Waals surface area contributed by atoms with E-state index < -0.39 is 0 Å². The van der Waals surface area contributed by atoms with Crippen LogP contribution in [0.25, 0.3) is 32.9 Å². The molecule has 5 rings (SSSR count). The fourth-order valence-electron chi connectivity index (χ4n) is 3.75. The van der Waals surface area contributed by atoms with Crippen LogP contribution in [0.2, 0.25) is 0 Å². The molecule has 119 valence electrons. The second kappa shape index (κ2) is 6.08. The summed E-state index contributed by atoms with van der Waals surface area (Å²) in [5, 5.41) is 5.26. The molecular weight excluding hydrogens is 385 g/mol. The van der Waals surface area contributed by atoms with Crippen LogP contribution in [-0.2, 0) is 46.3 Å². The van der Waals surface area contributed by atoms with Gasteiger partial charge in [-0.05, 0) is 11.5 Å². The minimum Gasteiger partial charge on any atom is -0.386 e. The van der Waals surface area contributed by atoms with Gasteiger partial charge < -0.3 is 14.7 Å². The SMILES string of the molecule is Cn1c2ccccc2c2c3c([c-]c(-c4[c-]cccc4)c21)C(=O)NC3.[Y]. The standard InChI is InChI=1S/C21H14N2O.Y/c1-23-18-10-6-5-9-14(18)19-17-12-22-21(24)16(17)11-15(20(19)23)13-7-3-2-4-8-13;/h2-7,9-10H,12H2,1H3,(H,22,24);/q-2;. The Labute approximate surface area is 170 Å². The van der Waals surface area contributed by atoms with Crippen molar-refractivity contribution in [3.63, 3.8) is 0 Å². The van der Waals surface area contributed by atoms with Crippen molar-refractivity contribution < 1.29 is 37.5 Å². The summed E-state index contributed by atoms with van der Waals surface area (Å²) < 4.78 is 2.19. The number of aromatic nitrogens is 1. The molecule has 0 aliphatic carbocycles. The fraction of sp³-hybridized carbons (Fsp3) is 0.0952. The van der Waals surface area contributed by atoms with Gasteiger partial charge in [0, 0.05) is 51.8 Å². The number of carbonyl (C=O) groups is 1. The molecule has 1 amide bonds. The molecule has 1 aromatic heterocycles. The van der Waals surface area contributed by atoms with Gasteiger partial charge in [-0.25, -0.2) is 5.56 Å². The number of fused-ring (bicyclic) bond motifs is 5. The van der Waals surface area contributed by atoms with E-state index >= 15 is 0 Å². The predicted octanol–water partition coefficient (Wildman–Crippen LogP) is 3.84. The molecule has 1 N–H and O–H groups in total. The van der Waals surface area contributed by atoms with E-state index in [1.165, 1.54) is 5.39 Å². The summed E-state index contributed by atoms with van der Waals surface area (Å²) in [6, 6.07) is 22.8. The fourth-order valence-corrected chi connectivity index (χ4v) is 3.75. The number of nitrogens with zero attached hydrogens (tertiary/aromatic N) is 1. The van der Waals surface area contributed by atoms with Crippen molar-refractivity contribution >= 4 is 27.7 Å². The quantitative estimate of drug-likeness (QED) is 0.485. The van der Waals surface area contributed by atoms with Crippen molar-refractivity contribution in [2.24, 2.45) is 7.05 Å². The Kier molecular flexibility index (Phi) is 4.01. The maximum Gasteiger partial charge on any atom is 0.182 e. The number of carbonyl (C=O) groups excluding carboxylic acids is 1. The second-order valence-electron chi connectivity index (χ2n) is 6.11. The van der Waals surface area contributed by atoms with Gasteiger partial charge in [0.2, 0.25) is 0 Å². The predicted molar refractivity (Wildman–Crippen MR) is 94.7 cm³/mol. The van der Waals surface area contributed by atoms with Crippen LogP contribution in [0.3, 0.4) is 0 Å². The summed E-state index contributed by atoms with van der Waals surface area (Å²) in [6.45, 7) is 0.563. The summed E-state index contributed by atoms with van der Waals surface area (Å²) in [5.74, 6) is -0.0444. The maximum absolute atomic E-state index is 12.3. The summed E-state index contributed by atoms with van der Waals surface area (Å²) in [4.78, 5) is 12.3. The zero-order valence-electron chi connectivity index (χ0n) is 13.8. The van der Waals surface area contributed by atoms with Crippen LogP contribution in [0.4, 0.5) is 0 Å². The van der Waals surface area contributed by atoms with Crippen LogP contribution in [0, 0.1) is 12.1 Å². The van der Waals surface area contributed by atoms with Crippen molar-refractivity contribution in [3.8, 4) is 11.1 Å². The maximum atomic E-state index is 12.3. The Bertz CT molecular complexity index is 1130. The van der Waals surface area contributed by atoms with E-state index in [2.05, 4.69) is 41.2 Å². The largest absolute Gasteiger partial charge is 0.386 e. The van der Waals surface area contributed by atoms with Crippen molar-refractivity contribution in [2.75, 3.05) is 0 Å². The molecule has 1 aliphatic rings. The smallest absolute Gasteiger partial charge is 0.182 e. The zero-order valence-corrected chi connectivity index (χ0v) is 16.6. The third-order valence-electron chi connectivity index (χ3n) is 4.83. The van der Waals surface area contributed by atoms with Crippen molar-refractivity contribution in [3.05, 3.63) is 71.8 Å². The van der Waals surface area contributed by atoms with Crippen LogP contribution in [-0.4, -0.2) is 10.5 Å². The van der Waals surface area contributed by atoms with Crippen LogP contribution < -0.4 is 5.32 Å². The first-order valence-electron chi connectivity index (χ1n) is 7.96. The molecule has 0 atom stereocenters. The minimum absolute atomic E-state index is 0. The molecule has 4 heteroatoms. The molecule has 0 bridgehead atoms. The Morgan fingerprint density at radius 1 is 1.08 bits per heavy atom. The third kappa shape index (κ3) is 2.30. The molecule has 4 aromatic rings. The van der Waals surface area contributed by atoms with Gasteiger partial charge in [-0.3, -0.25) is 0 Å². The molecule has 0 unspecified atom stereocenters. The summed E-state index contributed by atoms with van der Waals surface area (Å²) >= 11 is 0. The monoisotopic (exact) mass is 399 g/mol. The van der Waals surface area contributed by atoms with E-state index in [1.807, 2.05) is 36.4 Å². The number of para-hydroxylation sites is 1. The number of benzene rings is 3. The second-order valence-corrected chi connectivity index (χ2v) is 6.11. The van der Waals surface area contributed by atoms with Gasteiger partial charge >= 0.3 is 0 Å². The van der Waals surface area contributed by atoms with Gasteiger partial charge in [-0.1, -0.05) is 40.2 Å². The van der Waals surface area contributed by atoms with E-state index in [9.17, 15) is 4.79 Å². The Morgan fingerprint density at radius 3 is 2.68 bits per heavy atom. The number of hydrogen-bond acceptors (Lipinski definition) is 1. The molecular formula is C21H14N2OY-2. The molecule has 25 heavy (non-hydrogen) atoms. The summed E-state index contributed by atoms with van der Waals surface area (Å²) in [7, 11) is 2.07. The van der Waals surface area contributed by atoms with Gasteiger partial charge in [-0.2, -0.15) is 35.9 Å². The van der Waals surface area contributed by atoms with Crippen LogP contribution in [0.1, 0.15) is 15.9 Å². The molecule has 0 saturated carbocycles. The van der Waals surface area contributed by atoms with Gasteiger partial charge in [-0.15, -0.1) is 6.07 Å². The van der Waals surface area contributed by atoms with E-state index in [-0.39, 0.29) is 38.6 Å². The Balaban J connectivity index is 0.00000157. The van der Waals surface area contributed by atoms with Crippen LogP contribution in [0.5, 0.6) is 0 Å². The number of nitrogens with one attached hydrogen (secondary N) is 1. The summed E-state index contributed by atoms with van der Waals surface area (Å²) in [6.07, 6.45) is 0. The molecule has 2 heterocycles. The Hall–Kier alpha value is -1.97. The molecule has 0 fully saturated rings. The summed E-state index contributed by atoms with van der Waals surface area (Å²) in [5.41, 5.74) is 5.85. The van der Waals surface area contributed by atoms with Gasteiger partial charge in [0.1, 0.15) is 0 Å². The molecule has 0 spiro atoms. The van der Waals surface area contributed by atoms with E-state index in [4.69, 9.17) is 0 Å². The average Bonchev–Trinajstić information content (AvgIpc) is 3.14. The topological polar surface area (TPSA) is 34.0 Å². The number of hydrogen-bond donors (Lipinski definition) is 1. The molecule has 3 nitrogen and oxygen atoms in total. The number of amides is 1. The Morgan fingerprint density at radius 2 is 1.88 bits per heavy atom. The van der Waals surface area contributed by atoms with Crippen LogP contribution in [0.15, 0.2) is 48.5 Å². The van der Waals surface area contributed by atoms with E-state index in [1.54, 1.807) is 0 Å². The first-order chi connectivity index (χ1) is 11.8. The number of aryl methyl sites for hydroxylation is 1. The van der Waals surface area contributed by atoms with Crippen molar-refractivity contribution in [2.45, 2.75) is 6.54 Å². The zero-order chi connectivity index (χ0) is 16.3. The third-order valence-corrected chi connectivity index (χ3v) is 4.83. The molecule has 1 radical (unpaired) electrons. The van der Waals surface area contributed by atoms with Gasteiger partial charge in [0.05, 0.1) is 0 Å². The normalized spacial score (nSPS) is 12.9. The number of rotatable bonds is 1. The van der Waals surface area contributed by atoms with Crippen molar-refractivity contribution in [1.29, 1.82) is 0 Å².